The number of aromatic amines is 1. The summed E-state index contributed by atoms with van der Waals surface area (Å²) in [5.41, 5.74) is 1.91. The van der Waals surface area contributed by atoms with Gasteiger partial charge in [0, 0.05) is 37.5 Å². The molecule has 1 aromatic carbocycles. The zero-order valence-corrected chi connectivity index (χ0v) is 15.1. The number of methoxy groups -OCH3 is 1. The molecule has 0 aliphatic rings. The molecule has 0 radical (unpaired) electrons. The summed E-state index contributed by atoms with van der Waals surface area (Å²) >= 11 is 5.30. The molecule has 0 unspecified atom stereocenters. The highest BCUT2D eigenvalue weighted by atomic mass is 32.1. The van der Waals surface area contributed by atoms with Gasteiger partial charge in [-0.3, -0.25) is 19.4 Å². The maximum Gasteiger partial charge on any atom is 0.222 e. The Labute approximate surface area is 156 Å². The molecule has 7 nitrogen and oxygen atoms in total. The Bertz CT molecular complexity index is 919. The first-order valence-corrected chi connectivity index (χ1v) is 8.53. The maximum absolute atomic E-state index is 12.1. The van der Waals surface area contributed by atoms with Crippen LogP contribution in [0.2, 0.25) is 0 Å². The second-order valence-electron chi connectivity index (χ2n) is 5.61. The Morgan fingerprint density at radius 2 is 1.96 bits per heavy atom. The molecule has 0 saturated carbocycles. The zero-order chi connectivity index (χ0) is 18.4. The number of nitrogens with zero attached hydrogens (tertiary/aromatic N) is 3. The van der Waals surface area contributed by atoms with Gasteiger partial charge in [-0.05, 0) is 54.2 Å². The van der Waals surface area contributed by atoms with Gasteiger partial charge >= 0.3 is 0 Å². The van der Waals surface area contributed by atoms with Gasteiger partial charge in [0.2, 0.25) is 5.91 Å². The molecule has 2 N–H and O–H groups in total. The van der Waals surface area contributed by atoms with E-state index in [1.807, 2.05) is 41.0 Å². The number of nitrogens with one attached hydrogen (secondary N) is 2. The number of H-pyrrole nitrogens is 1. The molecular formula is C18H19N5O2S. The lowest BCUT2D eigenvalue weighted by atomic mass is 10.2. The van der Waals surface area contributed by atoms with Gasteiger partial charge in [-0.25, -0.2) is 0 Å². The van der Waals surface area contributed by atoms with Crippen LogP contribution in [0.1, 0.15) is 12.0 Å². The van der Waals surface area contributed by atoms with Gasteiger partial charge in [0.15, 0.2) is 10.6 Å². The van der Waals surface area contributed by atoms with E-state index < -0.39 is 0 Å². The standard InChI is InChI=1S/C18H19N5O2S/c1-25-15-4-2-14(3-5-15)17-21-22-18(26)23(17)11-8-16(24)20-12-13-6-9-19-10-7-13/h2-7,9-10H,8,11-12H2,1H3,(H,20,24)(H,22,26). The molecule has 2 aromatic heterocycles. The predicted octanol–water partition coefficient (Wildman–Crippen LogP) is 2.72. The van der Waals surface area contributed by atoms with Gasteiger partial charge < -0.3 is 10.1 Å². The molecule has 0 saturated heterocycles. The molecule has 26 heavy (non-hydrogen) atoms. The smallest absolute Gasteiger partial charge is 0.222 e. The van der Waals surface area contributed by atoms with Crippen LogP contribution in [-0.2, 0) is 17.9 Å². The summed E-state index contributed by atoms with van der Waals surface area (Å²) in [6.07, 6.45) is 3.71. The number of aromatic nitrogens is 4. The van der Waals surface area contributed by atoms with Crippen molar-refractivity contribution < 1.29 is 9.53 Å². The molecule has 1 amide bonds. The Kier molecular flexibility index (Phi) is 5.75. The van der Waals surface area contributed by atoms with Crippen LogP contribution in [0.15, 0.2) is 48.8 Å². The van der Waals surface area contributed by atoms with Crippen LogP contribution >= 0.6 is 12.2 Å². The van der Waals surface area contributed by atoms with Crippen LogP contribution in [0.4, 0.5) is 0 Å². The number of carbonyl (C=O) groups excluding carboxylic acids is 1. The lowest BCUT2D eigenvalue weighted by Crippen LogP contribution is -2.24. The molecule has 3 aromatic rings. The van der Waals surface area contributed by atoms with Crippen molar-refractivity contribution >= 4 is 18.1 Å². The van der Waals surface area contributed by atoms with E-state index in [4.69, 9.17) is 17.0 Å². The minimum atomic E-state index is -0.0504. The van der Waals surface area contributed by atoms with Crippen molar-refractivity contribution in [2.24, 2.45) is 0 Å². The Morgan fingerprint density at radius 1 is 1.23 bits per heavy atom. The third-order valence-electron chi connectivity index (χ3n) is 3.91. The normalized spacial score (nSPS) is 10.5. The van der Waals surface area contributed by atoms with Gasteiger partial charge in [-0.1, -0.05) is 0 Å². The van der Waals surface area contributed by atoms with Crippen molar-refractivity contribution in [2.75, 3.05) is 7.11 Å². The van der Waals surface area contributed by atoms with E-state index >= 15 is 0 Å². The molecule has 0 atom stereocenters. The first-order valence-electron chi connectivity index (χ1n) is 8.12. The minimum absolute atomic E-state index is 0.0504. The van der Waals surface area contributed by atoms with Crippen LogP contribution < -0.4 is 10.1 Å². The van der Waals surface area contributed by atoms with Gasteiger partial charge in [0.25, 0.3) is 0 Å². The Balaban J connectivity index is 1.63. The largest absolute Gasteiger partial charge is 0.497 e. The number of hydrogen-bond acceptors (Lipinski definition) is 5. The number of rotatable bonds is 7. The molecule has 0 fully saturated rings. The van der Waals surface area contributed by atoms with Gasteiger partial charge in [-0.15, -0.1) is 0 Å². The third kappa shape index (κ3) is 4.34. The molecular weight excluding hydrogens is 350 g/mol. The highest BCUT2D eigenvalue weighted by Crippen LogP contribution is 2.21. The molecule has 2 heterocycles. The first kappa shape index (κ1) is 17.8. The summed E-state index contributed by atoms with van der Waals surface area (Å²) in [6.45, 7) is 0.919. The topological polar surface area (TPSA) is 84.8 Å². The lowest BCUT2D eigenvalue weighted by Gasteiger charge is -2.08. The Hall–Kier alpha value is -3.00. The number of pyridine rings is 1. The molecule has 134 valence electrons. The van der Waals surface area contributed by atoms with Crippen LogP contribution in [0.3, 0.4) is 0 Å². The SMILES string of the molecule is COc1ccc(-c2n[nH]c(=S)n2CCC(=O)NCc2ccncc2)cc1. The highest BCUT2D eigenvalue weighted by molar-refractivity contribution is 7.71. The van der Waals surface area contributed by atoms with Crippen molar-refractivity contribution in [3.8, 4) is 17.1 Å². The van der Waals surface area contributed by atoms with Crippen molar-refractivity contribution in [3.05, 3.63) is 59.1 Å². The second kappa shape index (κ2) is 8.39. The van der Waals surface area contributed by atoms with E-state index in [2.05, 4.69) is 20.5 Å². The summed E-state index contributed by atoms with van der Waals surface area (Å²) in [6, 6.07) is 11.3. The molecule has 0 aliphatic heterocycles. The molecule has 0 spiro atoms. The number of hydrogen-bond donors (Lipinski definition) is 2. The molecule has 0 aliphatic carbocycles. The Morgan fingerprint density at radius 3 is 2.65 bits per heavy atom. The maximum atomic E-state index is 12.1. The molecule has 8 heteroatoms. The summed E-state index contributed by atoms with van der Waals surface area (Å²) in [5, 5.41) is 9.97. The zero-order valence-electron chi connectivity index (χ0n) is 14.3. The monoisotopic (exact) mass is 369 g/mol. The van der Waals surface area contributed by atoms with Crippen molar-refractivity contribution in [2.45, 2.75) is 19.5 Å². The van der Waals surface area contributed by atoms with Crippen LogP contribution in [0, 0.1) is 4.77 Å². The minimum Gasteiger partial charge on any atom is -0.497 e. The van der Waals surface area contributed by atoms with Gasteiger partial charge in [0.05, 0.1) is 7.11 Å². The summed E-state index contributed by atoms with van der Waals surface area (Å²) in [5.74, 6) is 1.41. The van der Waals surface area contributed by atoms with Crippen LogP contribution in [0.25, 0.3) is 11.4 Å². The second-order valence-corrected chi connectivity index (χ2v) is 6.00. The van der Waals surface area contributed by atoms with Gasteiger partial charge in [-0.2, -0.15) is 5.10 Å². The predicted molar refractivity (Wildman–Crippen MR) is 100 cm³/mol. The number of carbonyl (C=O) groups is 1. The summed E-state index contributed by atoms with van der Waals surface area (Å²) < 4.78 is 7.48. The van der Waals surface area contributed by atoms with E-state index in [0.29, 0.717) is 30.1 Å². The number of ether oxygens (including phenoxy) is 1. The fourth-order valence-electron chi connectivity index (χ4n) is 2.49. The fourth-order valence-corrected chi connectivity index (χ4v) is 2.71. The van der Waals surface area contributed by atoms with E-state index in [9.17, 15) is 4.79 Å². The van der Waals surface area contributed by atoms with Crippen molar-refractivity contribution in [1.29, 1.82) is 0 Å². The van der Waals surface area contributed by atoms with Crippen molar-refractivity contribution in [3.63, 3.8) is 0 Å². The average molecular weight is 369 g/mol. The van der Waals surface area contributed by atoms with Gasteiger partial charge in [0.1, 0.15) is 5.75 Å². The van der Waals surface area contributed by atoms with E-state index in [0.717, 1.165) is 16.9 Å². The first-order chi connectivity index (χ1) is 12.7. The molecule has 0 bridgehead atoms. The van der Waals surface area contributed by atoms with Crippen LogP contribution in [-0.4, -0.2) is 32.8 Å². The lowest BCUT2D eigenvalue weighted by molar-refractivity contribution is -0.121. The summed E-state index contributed by atoms with van der Waals surface area (Å²) in [4.78, 5) is 16.1. The fraction of sp³-hybridized carbons (Fsp3) is 0.222. The van der Waals surface area contributed by atoms with Crippen LogP contribution in [0.5, 0.6) is 5.75 Å². The summed E-state index contributed by atoms with van der Waals surface area (Å²) in [7, 11) is 1.62. The van der Waals surface area contributed by atoms with Crippen molar-refractivity contribution in [1.82, 2.24) is 25.1 Å². The number of amides is 1. The highest BCUT2D eigenvalue weighted by Gasteiger charge is 2.11. The van der Waals surface area contributed by atoms with E-state index in [-0.39, 0.29) is 5.91 Å². The van der Waals surface area contributed by atoms with E-state index in [1.54, 1.807) is 19.5 Å². The number of benzene rings is 1. The third-order valence-corrected chi connectivity index (χ3v) is 4.22. The molecule has 3 rings (SSSR count). The van der Waals surface area contributed by atoms with E-state index in [1.165, 1.54) is 0 Å². The average Bonchev–Trinajstić information content (AvgIpc) is 3.06. The quantitative estimate of drug-likeness (QED) is 0.626.